The van der Waals surface area contributed by atoms with Crippen LogP contribution in [0.1, 0.15) is 25.0 Å². The Morgan fingerprint density at radius 3 is 2.00 bits per heavy atom. The third-order valence-corrected chi connectivity index (χ3v) is 7.23. The van der Waals surface area contributed by atoms with Gasteiger partial charge in [0.05, 0.1) is 10.6 Å². The van der Waals surface area contributed by atoms with Crippen LogP contribution in [0, 0.1) is 5.92 Å². The molecule has 164 valence electrons. The lowest BCUT2D eigenvalue weighted by Crippen LogP contribution is -2.49. The molecule has 2 rings (SSSR count). The van der Waals surface area contributed by atoms with Crippen molar-refractivity contribution >= 4 is 26.0 Å². The highest BCUT2D eigenvalue weighted by atomic mass is 32.2. The van der Waals surface area contributed by atoms with Gasteiger partial charge in [-0.2, -0.15) is 4.72 Å². The zero-order valence-corrected chi connectivity index (χ0v) is 18.8. The first-order valence-corrected chi connectivity index (χ1v) is 12.5. The molecule has 8 nitrogen and oxygen atoms in total. The molecule has 2 aromatic carbocycles. The third kappa shape index (κ3) is 6.91. The van der Waals surface area contributed by atoms with Gasteiger partial charge in [-0.15, -0.1) is 0 Å². The molecule has 0 unspecified atom stereocenters. The molecule has 0 bridgehead atoms. The molecule has 0 aliphatic carbocycles. The Labute approximate surface area is 178 Å². The lowest BCUT2D eigenvalue weighted by Gasteiger charge is -2.21. The Bertz CT molecular complexity index is 1050. The summed E-state index contributed by atoms with van der Waals surface area (Å²) < 4.78 is 53.0. The number of nitrogens with one attached hydrogen (secondary N) is 3. The molecule has 10 heteroatoms. The van der Waals surface area contributed by atoms with E-state index in [9.17, 15) is 21.6 Å². The summed E-state index contributed by atoms with van der Waals surface area (Å²) in [5, 5.41) is 2.74. The van der Waals surface area contributed by atoms with Crippen LogP contribution in [0.5, 0.6) is 0 Å². The molecule has 0 spiro atoms. The Kier molecular flexibility index (Phi) is 8.13. The minimum Gasteiger partial charge on any atom is -0.351 e. The van der Waals surface area contributed by atoms with Gasteiger partial charge in [0.2, 0.25) is 26.0 Å². The predicted octanol–water partition coefficient (Wildman–Crippen LogP) is 1.36. The van der Waals surface area contributed by atoms with Crippen molar-refractivity contribution in [1.29, 1.82) is 0 Å². The van der Waals surface area contributed by atoms with Crippen molar-refractivity contribution in [3.8, 4) is 0 Å². The maximum absolute atomic E-state index is 12.6. The van der Waals surface area contributed by atoms with Gasteiger partial charge in [-0.3, -0.25) is 4.79 Å². The second-order valence-corrected chi connectivity index (χ2v) is 10.8. The van der Waals surface area contributed by atoms with E-state index < -0.39 is 32.0 Å². The van der Waals surface area contributed by atoms with E-state index in [-0.39, 0.29) is 23.1 Å². The minimum absolute atomic E-state index is 0.0931. The van der Waals surface area contributed by atoms with E-state index in [4.69, 9.17) is 0 Å². The molecular formula is C20H27N3O5S2. The lowest BCUT2D eigenvalue weighted by molar-refractivity contribution is -0.123. The first-order chi connectivity index (χ1) is 14.0. The average molecular weight is 454 g/mol. The molecule has 0 saturated heterocycles. The van der Waals surface area contributed by atoms with Gasteiger partial charge in [0.15, 0.2) is 0 Å². The Hall–Kier alpha value is -2.27. The second kappa shape index (κ2) is 10.2. The van der Waals surface area contributed by atoms with E-state index in [1.54, 1.807) is 56.3 Å². The van der Waals surface area contributed by atoms with Gasteiger partial charge in [-0.1, -0.05) is 56.3 Å². The van der Waals surface area contributed by atoms with Crippen LogP contribution < -0.4 is 14.8 Å². The fourth-order valence-electron chi connectivity index (χ4n) is 2.67. The van der Waals surface area contributed by atoms with Crippen LogP contribution in [0.15, 0.2) is 59.5 Å². The van der Waals surface area contributed by atoms with Crippen molar-refractivity contribution in [2.75, 3.05) is 7.05 Å². The monoisotopic (exact) mass is 453 g/mol. The molecule has 1 amide bonds. The molecule has 0 fully saturated rings. The van der Waals surface area contributed by atoms with Crippen molar-refractivity contribution < 1.29 is 21.6 Å². The van der Waals surface area contributed by atoms with Gasteiger partial charge in [-0.05, 0) is 36.2 Å². The van der Waals surface area contributed by atoms with Crippen molar-refractivity contribution in [2.24, 2.45) is 5.92 Å². The summed E-state index contributed by atoms with van der Waals surface area (Å²) in [4.78, 5) is 12.7. The van der Waals surface area contributed by atoms with E-state index in [2.05, 4.69) is 14.8 Å². The van der Waals surface area contributed by atoms with Gasteiger partial charge in [0.25, 0.3) is 0 Å². The summed E-state index contributed by atoms with van der Waals surface area (Å²) >= 11 is 0. The Morgan fingerprint density at radius 1 is 0.900 bits per heavy atom. The quantitative estimate of drug-likeness (QED) is 0.501. The predicted molar refractivity (Wildman–Crippen MR) is 115 cm³/mol. The Morgan fingerprint density at radius 2 is 1.47 bits per heavy atom. The molecule has 0 radical (unpaired) electrons. The van der Waals surface area contributed by atoms with Crippen LogP contribution in [0.25, 0.3) is 0 Å². The molecule has 0 aliphatic rings. The van der Waals surface area contributed by atoms with Crippen molar-refractivity contribution in [2.45, 2.75) is 37.1 Å². The Balaban J connectivity index is 2.02. The number of carbonyl (C=O) groups is 1. The van der Waals surface area contributed by atoms with E-state index >= 15 is 0 Å². The second-order valence-electron chi connectivity index (χ2n) is 7.15. The van der Waals surface area contributed by atoms with Crippen molar-refractivity contribution in [1.82, 2.24) is 14.8 Å². The van der Waals surface area contributed by atoms with Gasteiger partial charge >= 0.3 is 0 Å². The first kappa shape index (κ1) is 24.0. The van der Waals surface area contributed by atoms with Crippen LogP contribution in [-0.4, -0.2) is 35.8 Å². The number of amides is 1. The summed E-state index contributed by atoms with van der Waals surface area (Å²) in [6.45, 7) is 3.71. The number of sulfonamides is 2. The number of carbonyl (C=O) groups excluding carboxylic acids is 1. The number of benzene rings is 2. The van der Waals surface area contributed by atoms with Gasteiger partial charge in [-0.25, -0.2) is 21.6 Å². The van der Waals surface area contributed by atoms with Gasteiger partial charge < -0.3 is 5.32 Å². The molecule has 0 aromatic heterocycles. The summed E-state index contributed by atoms with van der Waals surface area (Å²) in [6.07, 6.45) is 0. The van der Waals surface area contributed by atoms with Crippen LogP contribution in [0.2, 0.25) is 0 Å². The van der Waals surface area contributed by atoms with Crippen LogP contribution in [0.4, 0.5) is 0 Å². The highest BCUT2D eigenvalue weighted by molar-refractivity contribution is 7.89. The molecule has 0 saturated carbocycles. The van der Waals surface area contributed by atoms with E-state index in [1.807, 2.05) is 0 Å². The minimum atomic E-state index is -3.83. The maximum Gasteiger partial charge on any atom is 0.241 e. The van der Waals surface area contributed by atoms with E-state index in [0.717, 1.165) is 5.56 Å². The van der Waals surface area contributed by atoms with Gasteiger partial charge in [0.1, 0.15) is 6.04 Å². The summed E-state index contributed by atoms with van der Waals surface area (Å²) in [6, 6.07) is 13.7. The fourth-order valence-corrected chi connectivity index (χ4v) is 4.81. The zero-order chi connectivity index (χ0) is 22.4. The number of hydrogen-bond acceptors (Lipinski definition) is 5. The van der Waals surface area contributed by atoms with E-state index in [1.165, 1.54) is 19.2 Å². The highest BCUT2D eigenvalue weighted by Crippen LogP contribution is 2.12. The standard InChI is InChI=1S/C20H27N3O5S2/c1-15(2)19(23-30(27,28)18-7-5-4-6-8-18)20(24)22-13-16-9-11-17(12-10-16)14-29(25,26)21-3/h4-12,15,19,21,23H,13-14H2,1-3H3,(H,22,24)/t19-/m1/s1. The molecule has 2 aromatic rings. The first-order valence-electron chi connectivity index (χ1n) is 9.38. The smallest absolute Gasteiger partial charge is 0.241 e. The number of rotatable bonds is 10. The third-order valence-electron chi connectivity index (χ3n) is 4.44. The van der Waals surface area contributed by atoms with Crippen molar-refractivity contribution in [3.63, 3.8) is 0 Å². The zero-order valence-electron chi connectivity index (χ0n) is 17.1. The largest absolute Gasteiger partial charge is 0.351 e. The molecule has 3 N–H and O–H groups in total. The summed E-state index contributed by atoms with van der Waals surface area (Å²) in [5.74, 6) is -0.837. The maximum atomic E-state index is 12.6. The topological polar surface area (TPSA) is 121 Å². The summed E-state index contributed by atoms with van der Waals surface area (Å²) in [7, 11) is -5.83. The van der Waals surface area contributed by atoms with Crippen LogP contribution >= 0.6 is 0 Å². The fraction of sp³-hybridized carbons (Fsp3) is 0.350. The molecule has 30 heavy (non-hydrogen) atoms. The molecule has 1 atom stereocenters. The van der Waals surface area contributed by atoms with E-state index in [0.29, 0.717) is 5.56 Å². The molecule has 0 aliphatic heterocycles. The van der Waals surface area contributed by atoms with Crippen LogP contribution in [-0.2, 0) is 37.1 Å². The van der Waals surface area contributed by atoms with Crippen LogP contribution in [0.3, 0.4) is 0 Å². The lowest BCUT2D eigenvalue weighted by atomic mass is 10.0. The normalized spacial score (nSPS) is 13.2. The van der Waals surface area contributed by atoms with Crippen molar-refractivity contribution in [3.05, 3.63) is 65.7 Å². The highest BCUT2D eigenvalue weighted by Gasteiger charge is 2.28. The average Bonchev–Trinajstić information content (AvgIpc) is 2.71. The summed E-state index contributed by atoms with van der Waals surface area (Å²) in [5.41, 5.74) is 1.39. The molecular weight excluding hydrogens is 426 g/mol. The molecule has 0 heterocycles. The number of hydrogen-bond donors (Lipinski definition) is 3. The SMILES string of the molecule is CNS(=O)(=O)Cc1ccc(CNC(=O)[C@H](NS(=O)(=O)c2ccccc2)C(C)C)cc1. The van der Waals surface area contributed by atoms with Gasteiger partial charge in [0, 0.05) is 6.54 Å².